The van der Waals surface area contributed by atoms with E-state index in [0.29, 0.717) is 24.3 Å². The number of amides is 2. The fourth-order valence-electron chi connectivity index (χ4n) is 2.50. The first-order valence-corrected chi connectivity index (χ1v) is 9.95. The first-order valence-electron chi connectivity index (χ1n) is 8.90. The molecule has 0 radical (unpaired) electrons. The zero-order valence-corrected chi connectivity index (χ0v) is 16.4. The molecule has 0 bridgehead atoms. The summed E-state index contributed by atoms with van der Waals surface area (Å²) in [5.41, 5.74) is 2.55. The highest BCUT2D eigenvalue weighted by atomic mass is 32.2. The van der Waals surface area contributed by atoms with Crippen LogP contribution in [-0.4, -0.2) is 35.1 Å². The molecule has 138 valence electrons. The van der Waals surface area contributed by atoms with Gasteiger partial charge in [0.05, 0.1) is 5.25 Å². The monoisotopic (exact) mass is 370 g/mol. The van der Waals surface area contributed by atoms with E-state index in [4.69, 9.17) is 0 Å². The number of benzene rings is 2. The molecule has 0 aromatic heterocycles. The molecule has 4 nitrogen and oxygen atoms in total. The van der Waals surface area contributed by atoms with E-state index < -0.39 is 0 Å². The minimum absolute atomic E-state index is 0.0136. The number of carbonyl (C=O) groups excluding carboxylic acids is 2. The Bertz CT molecular complexity index is 713. The van der Waals surface area contributed by atoms with E-state index in [1.165, 1.54) is 5.56 Å². The number of thioether (sulfide) groups is 1. The number of carbonyl (C=O) groups is 2. The lowest BCUT2D eigenvalue weighted by Crippen LogP contribution is -2.30. The van der Waals surface area contributed by atoms with E-state index in [1.54, 1.807) is 40.9 Å². The number of hydrogen-bond acceptors (Lipinski definition) is 3. The summed E-state index contributed by atoms with van der Waals surface area (Å²) in [4.78, 5) is 26.4. The van der Waals surface area contributed by atoms with Gasteiger partial charge in [-0.1, -0.05) is 30.3 Å². The maximum Gasteiger partial charge on any atom is 0.253 e. The molecule has 2 aromatic rings. The molecule has 26 heavy (non-hydrogen) atoms. The number of anilines is 1. The number of rotatable bonds is 8. The van der Waals surface area contributed by atoms with Crippen LogP contribution in [0, 0.1) is 0 Å². The van der Waals surface area contributed by atoms with Crippen molar-refractivity contribution >= 4 is 29.3 Å². The maximum absolute atomic E-state index is 12.3. The van der Waals surface area contributed by atoms with Crippen LogP contribution in [0.2, 0.25) is 0 Å². The fourth-order valence-corrected chi connectivity index (χ4v) is 3.35. The summed E-state index contributed by atoms with van der Waals surface area (Å²) in [5, 5.41) is 2.76. The van der Waals surface area contributed by atoms with Crippen LogP contribution in [0.4, 0.5) is 5.69 Å². The molecule has 0 saturated carbocycles. The fraction of sp³-hybridized carbons (Fsp3) is 0.333. The minimum atomic E-state index is -0.160. The van der Waals surface area contributed by atoms with Crippen LogP contribution in [0.1, 0.15) is 36.7 Å². The molecule has 5 heteroatoms. The summed E-state index contributed by atoms with van der Waals surface area (Å²) in [6, 6.07) is 17.2. The van der Waals surface area contributed by atoms with E-state index in [-0.39, 0.29) is 17.1 Å². The first kappa shape index (κ1) is 20.0. The molecule has 0 saturated heterocycles. The molecular formula is C21H26N2O2S. The van der Waals surface area contributed by atoms with Gasteiger partial charge in [0.25, 0.3) is 5.91 Å². The van der Waals surface area contributed by atoms with Gasteiger partial charge in [0.2, 0.25) is 5.91 Å². The first-order chi connectivity index (χ1) is 12.5. The molecule has 1 atom stereocenters. The molecule has 2 amide bonds. The van der Waals surface area contributed by atoms with E-state index in [9.17, 15) is 9.59 Å². The van der Waals surface area contributed by atoms with E-state index >= 15 is 0 Å². The summed E-state index contributed by atoms with van der Waals surface area (Å²) in [7, 11) is 0. The molecular weight excluding hydrogens is 344 g/mol. The highest BCUT2D eigenvalue weighted by molar-refractivity contribution is 7.99. The van der Waals surface area contributed by atoms with Gasteiger partial charge in [-0.25, -0.2) is 0 Å². The van der Waals surface area contributed by atoms with Crippen molar-refractivity contribution in [2.75, 3.05) is 18.4 Å². The summed E-state index contributed by atoms with van der Waals surface area (Å²) < 4.78 is 0. The Morgan fingerprint density at radius 3 is 2.19 bits per heavy atom. The average molecular weight is 371 g/mol. The summed E-state index contributed by atoms with van der Waals surface area (Å²) in [6.07, 6.45) is 0. The van der Waals surface area contributed by atoms with Gasteiger partial charge in [0.15, 0.2) is 0 Å². The standard InChI is InChI=1S/C21H26N2O2S/c1-4-23(5-2)21(25)18-11-13-19(14-12-18)22-20(24)16(3)26-15-17-9-7-6-8-10-17/h6-14,16H,4-5,15H2,1-3H3,(H,22,24). The molecule has 0 spiro atoms. The molecule has 0 fully saturated rings. The van der Waals surface area contributed by atoms with Crippen molar-refractivity contribution in [3.05, 3.63) is 65.7 Å². The van der Waals surface area contributed by atoms with Crippen LogP contribution in [-0.2, 0) is 10.5 Å². The SMILES string of the molecule is CCN(CC)C(=O)c1ccc(NC(=O)C(C)SCc2ccccc2)cc1. The lowest BCUT2D eigenvalue weighted by molar-refractivity contribution is -0.115. The Hall–Kier alpha value is -2.27. The molecule has 0 aliphatic rings. The molecule has 1 unspecified atom stereocenters. The second-order valence-electron chi connectivity index (χ2n) is 5.98. The molecule has 0 aliphatic carbocycles. The van der Waals surface area contributed by atoms with Crippen LogP contribution in [0.3, 0.4) is 0 Å². The maximum atomic E-state index is 12.3. The van der Waals surface area contributed by atoms with Crippen molar-refractivity contribution in [1.29, 1.82) is 0 Å². The van der Waals surface area contributed by atoms with Gasteiger partial charge in [-0.15, -0.1) is 11.8 Å². The quantitative estimate of drug-likeness (QED) is 0.748. The summed E-state index contributed by atoms with van der Waals surface area (Å²) >= 11 is 1.60. The Labute approximate surface area is 160 Å². The second kappa shape index (κ2) is 10.0. The van der Waals surface area contributed by atoms with Gasteiger partial charge in [-0.05, 0) is 50.6 Å². The van der Waals surface area contributed by atoms with Crippen molar-refractivity contribution in [1.82, 2.24) is 4.90 Å². The van der Waals surface area contributed by atoms with Crippen molar-refractivity contribution in [3.8, 4) is 0 Å². The highest BCUT2D eigenvalue weighted by Crippen LogP contribution is 2.19. The van der Waals surface area contributed by atoms with Crippen LogP contribution >= 0.6 is 11.8 Å². The predicted molar refractivity (Wildman–Crippen MR) is 110 cm³/mol. The Morgan fingerprint density at radius 2 is 1.62 bits per heavy atom. The molecule has 0 heterocycles. The van der Waals surface area contributed by atoms with Gasteiger partial charge < -0.3 is 10.2 Å². The van der Waals surface area contributed by atoms with Crippen LogP contribution in [0.25, 0.3) is 0 Å². The third-order valence-electron chi connectivity index (χ3n) is 4.16. The van der Waals surface area contributed by atoms with Crippen LogP contribution < -0.4 is 5.32 Å². The zero-order valence-electron chi connectivity index (χ0n) is 15.6. The molecule has 2 aromatic carbocycles. The van der Waals surface area contributed by atoms with Gasteiger partial charge >= 0.3 is 0 Å². The Morgan fingerprint density at radius 1 is 1.00 bits per heavy atom. The third-order valence-corrected chi connectivity index (χ3v) is 5.38. The number of nitrogens with one attached hydrogen (secondary N) is 1. The average Bonchev–Trinajstić information content (AvgIpc) is 2.68. The molecule has 1 N–H and O–H groups in total. The molecule has 0 aliphatic heterocycles. The summed E-state index contributed by atoms with van der Waals surface area (Å²) in [5.74, 6) is 0.778. The number of hydrogen-bond donors (Lipinski definition) is 1. The lowest BCUT2D eigenvalue weighted by Gasteiger charge is -2.18. The summed E-state index contributed by atoms with van der Waals surface area (Å²) in [6.45, 7) is 7.20. The smallest absolute Gasteiger partial charge is 0.253 e. The van der Waals surface area contributed by atoms with Gasteiger partial charge in [-0.3, -0.25) is 9.59 Å². The predicted octanol–water partition coefficient (Wildman–Crippen LogP) is 4.43. The molecule has 2 rings (SSSR count). The zero-order chi connectivity index (χ0) is 18.9. The topological polar surface area (TPSA) is 49.4 Å². The van der Waals surface area contributed by atoms with Crippen molar-refractivity contribution in [3.63, 3.8) is 0 Å². The lowest BCUT2D eigenvalue weighted by atomic mass is 10.1. The van der Waals surface area contributed by atoms with Gasteiger partial charge in [0.1, 0.15) is 0 Å². The highest BCUT2D eigenvalue weighted by Gasteiger charge is 2.15. The Balaban J connectivity index is 1.89. The van der Waals surface area contributed by atoms with Crippen LogP contribution in [0.5, 0.6) is 0 Å². The van der Waals surface area contributed by atoms with Crippen molar-refractivity contribution in [2.45, 2.75) is 31.8 Å². The second-order valence-corrected chi connectivity index (χ2v) is 7.31. The number of nitrogens with zero attached hydrogens (tertiary/aromatic N) is 1. The van der Waals surface area contributed by atoms with Crippen molar-refractivity contribution < 1.29 is 9.59 Å². The Kier molecular flexibility index (Phi) is 7.73. The van der Waals surface area contributed by atoms with Gasteiger partial charge in [-0.2, -0.15) is 0 Å². The van der Waals surface area contributed by atoms with Crippen molar-refractivity contribution in [2.24, 2.45) is 0 Å². The third kappa shape index (κ3) is 5.63. The van der Waals surface area contributed by atoms with E-state index in [1.807, 2.05) is 39.0 Å². The van der Waals surface area contributed by atoms with Crippen LogP contribution in [0.15, 0.2) is 54.6 Å². The van der Waals surface area contributed by atoms with E-state index in [0.717, 1.165) is 5.75 Å². The van der Waals surface area contributed by atoms with E-state index in [2.05, 4.69) is 17.4 Å². The van der Waals surface area contributed by atoms with Gasteiger partial charge in [0, 0.05) is 30.1 Å². The largest absolute Gasteiger partial charge is 0.339 e. The normalized spacial score (nSPS) is 11.7. The minimum Gasteiger partial charge on any atom is -0.339 e.